The normalized spacial score (nSPS) is 19.7. The van der Waals surface area contributed by atoms with Crippen LogP contribution in [0.3, 0.4) is 0 Å². The summed E-state index contributed by atoms with van der Waals surface area (Å²) in [4.78, 5) is 0. The van der Waals surface area contributed by atoms with Gasteiger partial charge in [0.05, 0.1) is 12.2 Å². The summed E-state index contributed by atoms with van der Waals surface area (Å²) in [6, 6.07) is 8.65. The van der Waals surface area contributed by atoms with Crippen molar-refractivity contribution in [1.82, 2.24) is 9.78 Å². The quantitative estimate of drug-likeness (QED) is 0.617. The van der Waals surface area contributed by atoms with Crippen LogP contribution in [0.2, 0.25) is 0 Å². The second-order valence-corrected chi connectivity index (χ2v) is 9.04. The fourth-order valence-corrected chi connectivity index (χ4v) is 5.01. The predicted octanol–water partition coefficient (Wildman–Crippen LogP) is 4.81. The number of ether oxygens (including phenoxy) is 1. The van der Waals surface area contributed by atoms with E-state index in [1.807, 2.05) is 6.20 Å². The van der Waals surface area contributed by atoms with E-state index >= 15 is 0 Å². The van der Waals surface area contributed by atoms with Crippen LogP contribution in [-0.2, 0) is 19.4 Å². The molecule has 0 fully saturated rings. The number of aromatic nitrogens is 2. The van der Waals surface area contributed by atoms with E-state index in [2.05, 4.69) is 67.1 Å². The Bertz CT molecular complexity index is 1150. The third kappa shape index (κ3) is 2.87. The monoisotopic (exact) mass is 402 g/mol. The molecule has 3 N–H and O–H groups in total. The molecule has 1 aromatic heterocycles. The fourth-order valence-electron chi connectivity index (χ4n) is 5.01. The lowest BCUT2D eigenvalue weighted by atomic mass is 9.86. The van der Waals surface area contributed by atoms with Crippen LogP contribution >= 0.6 is 0 Å². The lowest BCUT2D eigenvalue weighted by Gasteiger charge is -2.38. The number of nitrogens with zero attached hydrogens (tertiary/aromatic N) is 2. The standard InChI is InChI=1S/C25H30N4O/c1-15-16(2)24-19(17(3)22(15)26)8-11-25(4,30-24)14-29-21(10-13-28-29)20-7-5-6-18-9-12-27-23(18)20/h5-7,10,13,27H,8-9,11-12,14,26H2,1-4H3. The molecule has 2 aliphatic rings. The first-order valence-electron chi connectivity index (χ1n) is 10.8. The molecule has 2 aromatic carbocycles. The zero-order chi connectivity index (χ0) is 21.0. The van der Waals surface area contributed by atoms with E-state index in [0.29, 0.717) is 6.54 Å². The molecule has 0 saturated carbocycles. The fraction of sp³-hybridized carbons (Fsp3) is 0.400. The number of fused-ring (bicyclic) bond motifs is 2. The van der Waals surface area contributed by atoms with E-state index in [9.17, 15) is 0 Å². The summed E-state index contributed by atoms with van der Waals surface area (Å²) in [5, 5.41) is 8.23. The van der Waals surface area contributed by atoms with Crippen molar-refractivity contribution in [2.75, 3.05) is 17.6 Å². The molecule has 0 amide bonds. The summed E-state index contributed by atoms with van der Waals surface area (Å²) in [7, 11) is 0. The van der Waals surface area contributed by atoms with Gasteiger partial charge in [-0.25, -0.2) is 0 Å². The minimum absolute atomic E-state index is 0.321. The maximum absolute atomic E-state index is 6.69. The molecule has 2 aliphatic heterocycles. The van der Waals surface area contributed by atoms with Crippen molar-refractivity contribution in [2.24, 2.45) is 0 Å². The Morgan fingerprint density at radius 1 is 1.13 bits per heavy atom. The van der Waals surface area contributed by atoms with E-state index in [4.69, 9.17) is 10.5 Å². The molecule has 3 aromatic rings. The number of anilines is 2. The van der Waals surface area contributed by atoms with Crippen molar-refractivity contribution in [1.29, 1.82) is 0 Å². The molecule has 0 radical (unpaired) electrons. The first-order chi connectivity index (χ1) is 14.4. The summed E-state index contributed by atoms with van der Waals surface area (Å²) >= 11 is 0. The van der Waals surface area contributed by atoms with Gasteiger partial charge >= 0.3 is 0 Å². The number of para-hydroxylation sites is 1. The summed E-state index contributed by atoms with van der Waals surface area (Å²) < 4.78 is 8.80. The molecule has 5 rings (SSSR count). The van der Waals surface area contributed by atoms with E-state index in [0.717, 1.165) is 54.1 Å². The van der Waals surface area contributed by atoms with Crippen molar-refractivity contribution in [3.05, 3.63) is 58.3 Å². The zero-order valence-corrected chi connectivity index (χ0v) is 18.3. The molecular weight excluding hydrogens is 372 g/mol. The Kier molecular flexibility index (Phi) is 4.31. The SMILES string of the molecule is Cc1c(C)c2c(c(C)c1N)CCC(C)(Cn1nccc1-c1cccc3c1NCC3)O2. The third-order valence-electron chi connectivity index (χ3n) is 7.01. The average Bonchev–Trinajstić information content (AvgIpc) is 3.39. The minimum atomic E-state index is -0.321. The first kappa shape index (κ1) is 19.0. The largest absolute Gasteiger partial charge is 0.485 e. The molecule has 5 heteroatoms. The van der Waals surface area contributed by atoms with Crippen LogP contribution in [0.1, 0.15) is 41.2 Å². The van der Waals surface area contributed by atoms with Crippen molar-refractivity contribution in [3.8, 4) is 17.0 Å². The van der Waals surface area contributed by atoms with Crippen LogP contribution in [-0.4, -0.2) is 21.9 Å². The van der Waals surface area contributed by atoms with Gasteiger partial charge in [-0.2, -0.15) is 5.10 Å². The average molecular weight is 403 g/mol. The second kappa shape index (κ2) is 6.79. The van der Waals surface area contributed by atoms with Gasteiger partial charge in [-0.15, -0.1) is 0 Å². The van der Waals surface area contributed by atoms with Crippen LogP contribution < -0.4 is 15.8 Å². The highest BCUT2D eigenvalue weighted by atomic mass is 16.5. The molecule has 1 atom stereocenters. The van der Waals surface area contributed by atoms with Crippen LogP contribution in [0.4, 0.5) is 11.4 Å². The Labute approximate surface area is 178 Å². The topological polar surface area (TPSA) is 65.1 Å². The van der Waals surface area contributed by atoms with Crippen molar-refractivity contribution < 1.29 is 4.74 Å². The number of benzene rings is 2. The Morgan fingerprint density at radius 2 is 1.97 bits per heavy atom. The van der Waals surface area contributed by atoms with E-state index in [-0.39, 0.29) is 5.60 Å². The van der Waals surface area contributed by atoms with Gasteiger partial charge in [0.1, 0.15) is 11.4 Å². The highest BCUT2D eigenvalue weighted by molar-refractivity contribution is 5.80. The maximum Gasteiger partial charge on any atom is 0.127 e. The van der Waals surface area contributed by atoms with Crippen molar-refractivity contribution in [2.45, 2.75) is 59.1 Å². The van der Waals surface area contributed by atoms with Gasteiger partial charge in [0, 0.05) is 29.7 Å². The Balaban J connectivity index is 1.49. The molecule has 156 valence electrons. The summed E-state index contributed by atoms with van der Waals surface area (Å²) in [6.45, 7) is 10.2. The van der Waals surface area contributed by atoms with E-state index in [1.165, 1.54) is 27.9 Å². The number of nitrogens with one attached hydrogen (secondary N) is 1. The van der Waals surface area contributed by atoms with Gasteiger partial charge in [0.25, 0.3) is 0 Å². The lowest BCUT2D eigenvalue weighted by molar-refractivity contribution is 0.0434. The molecule has 0 aliphatic carbocycles. The number of hydrogen-bond acceptors (Lipinski definition) is 4. The first-order valence-corrected chi connectivity index (χ1v) is 10.8. The van der Waals surface area contributed by atoms with E-state index in [1.54, 1.807) is 0 Å². The van der Waals surface area contributed by atoms with Crippen LogP contribution in [0, 0.1) is 20.8 Å². The summed E-state index contributed by atoms with van der Waals surface area (Å²) in [5.41, 5.74) is 16.6. The number of nitrogens with two attached hydrogens (primary N) is 1. The lowest BCUT2D eigenvalue weighted by Crippen LogP contribution is -2.41. The van der Waals surface area contributed by atoms with Gasteiger partial charge < -0.3 is 15.8 Å². The highest BCUT2D eigenvalue weighted by Crippen LogP contribution is 2.43. The Morgan fingerprint density at radius 3 is 2.80 bits per heavy atom. The molecule has 0 saturated heterocycles. The highest BCUT2D eigenvalue weighted by Gasteiger charge is 2.35. The van der Waals surface area contributed by atoms with Crippen molar-refractivity contribution in [3.63, 3.8) is 0 Å². The van der Waals surface area contributed by atoms with Crippen LogP contribution in [0.15, 0.2) is 30.5 Å². The molecule has 1 unspecified atom stereocenters. The molecule has 3 heterocycles. The second-order valence-electron chi connectivity index (χ2n) is 9.04. The third-order valence-corrected chi connectivity index (χ3v) is 7.01. The molecular formula is C25H30N4O. The van der Waals surface area contributed by atoms with Gasteiger partial charge in [-0.1, -0.05) is 18.2 Å². The maximum atomic E-state index is 6.69. The van der Waals surface area contributed by atoms with Crippen molar-refractivity contribution >= 4 is 11.4 Å². The zero-order valence-electron chi connectivity index (χ0n) is 18.3. The van der Waals surface area contributed by atoms with Gasteiger partial charge in [0.15, 0.2) is 0 Å². The molecule has 5 nitrogen and oxygen atoms in total. The number of hydrogen-bond donors (Lipinski definition) is 2. The van der Waals surface area contributed by atoms with Crippen LogP contribution in [0.25, 0.3) is 11.3 Å². The number of nitrogen functional groups attached to an aromatic ring is 1. The molecule has 0 spiro atoms. The summed E-state index contributed by atoms with van der Waals surface area (Å²) in [5.74, 6) is 1.02. The molecule has 0 bridgehead atoms. The smallest absolute Gasteiger partial charge is 0.127 e. The van der Waals surface area contributed by atoms with Gasteiger partial charge in [-0.3, -0.25) is 4.68 Å². The minimum Gasteiger partial charge on any atom is -0.485 e. The number of rotatable bonds is 3. The molecule has 30 heavy (non-hydrogen) atoms. The predicted molar refractivity (Wildman–Crippen MR) is 122 cm³/mol. The van der Waals surface area contributed by atoms with Gasteiger partial charge in [-0.05, 0) is 80.8 Å². The van der Waals surface area contributed by atoms with Gasteiger partial charge in [0.2, 0.25) is 0 Å². The van der Waals surface area contributed by atoms with E-state index < -0.39 is 0 Å². The summed E-state index contributed by atoms with van der Waals surface area (Å²) in [6.07, 6.45) is 4.88. The van der Waals surface area contributed by atoms with Crippen LogP contribution in [0.5, 0.6) is 5.75 Å². The Hall–Kier alpha value is -2.95.